The van der Waals surface area contributed by atoms with E-state index in [1.54, 1.807) is 0 Å². The molecule has 0 aliphatic heterocycles. The Kier molecular flexibility index (Phi) is 3.65. The van der Waals surface area contributed by atoms with Crippen molar-refractivity contribution in [1.29, 1.82) is 0 Å². The fourth-order valence-electron chi connectivity index (χ4n) is 1.97. The Labute approximate surface area is 97.7 Å². The Hall–Kier alpha value is -1.25. The summed E-state index contributed by atoms with van der Waals surface area (Å²) in [5.41, 5.74) is 2.19. The summed E-state index contributed by atoms with van der Waals surface area (Å²) in [6.07, 6.45) is 9.07. The molecule has 1 aromatic rings. The van der Waals surface area contributed by atoms with Crippen LogP contribution < -0.4 is 10.6 Å². The van der Waals surface area contributed by atoms with Gasteiger partial charge < -0.3 is 10.6 Å². The molecular formula is C13H21N3. The van der Waals surface area contributed by atoms with Crippen LogP contribution in [0.3, 0.4) is 0 Å². The van der Waals surface area contributed by atoms with E-state index in [2.05, 4.69) is 28.6 Å². The highest BCUT2D eigenvalue weighted by molar-refractivity contribution is 5.54. The zero-order valence-electron chi connectivity index (χ0n) is 10.2. The van der Waals surface area contributed by atoms with Crippen LogP contribution in [0, 0.1) is 5.92 Å². The summed E-state index contributed by atoms with van der Waals surface area (Å²) in [5, 5.41) is 6.68. The molecule has 0 spiro atoms. The van der Waals surface area contributed by atoms with Gasteiger partial charge in [0.15, 0.2) is 0 Å². The second kappa shape index (κ2) is 5.19. The molecule has 2 N–H and O–H groups in total. The molecule has 3 heteroatoms. The molecule has 1 saturated carbocycles. The predicted molar refractivity (Wildman–Crippen MR) is 68.8 cm³/mol. The Morgan fingerprint density at radius 2 is 2.12 bits per heavy atom. The number of aromatic nitrogens is 1. The molecule has 1 fully saturated rings. The van der Waals surface area contributed by atoms with Gasteiger partial charge in [-0.2, -0.15) is 0 Å². The Morgan fingerprint density at radius 1 is 1.38 bits per heavy atom. The van der Waals surface area contributed by atoms with E-state index in [1.165, 1.54) is 25.7 Å². The van der Waals surface area contributed by atoms with Crippen LogP contribution in [-0.4, -0.2) is 18.1 Å². The van der Waals surface area contributed by atoms with E-state index in [0.29, 0.717) is 6.04 Å². The minimum atomic E-state index is 0.599. The standard InChI is InChI=1S/C13H21N3/c1-3-11(6-10-4-5-10)16-13-7-12(14-2)8-15-9-13/h7-11,14,16H,3-6H2,1-2H3. The summed E-state index contributed by atoms with van der Waals surface area (Å²) in [6.45, 7) is 2.25. The molecule has 0 amide bonds. The van der Waals surface area contributed by atoms with Gasteiger partial charge in [-0.3, -0.25) is 4.98 Å². The molecular weight excluding hydrogens is 198 g/mol. The van der Waals surface area contributed by atoms with E-state index in [4.69, 9.17) is 0 Å². The summed E-state index contributed by atoms with van der Waals surface area (Å²) in [5.74, 6) is 0.970. The van der Waals surface area contributed by atoms with Gasteiger partial charge in [-0.05, 0) is 24.8 Å². The third kappa shape index (κ3) is 3.12. The summed E-state index contributed by atoms with van der Waals surface area (Å²) in [6, 6.07) is 2.71. The number of hydrogen-bond donors (Lipinski definition) is 2. The molecule has 1 aliphatic rings. The Morgan fingerprint density at radius 3 is 2.75 bits per heavy atom. The summed E-state index contributed by atoms with van der Waals surface area (Å²) in [4.78, 5) is 4.21. The van der Waals surface area contributed by atoms with Gasteiger partial charge in [0.1, 0.15) is 0 Å². The van der Waals surface area contributed by atoms with Gasteiger partial charge in [0, 0.05) is 13.1 Å². The van der Waals surface area contributed by atoms with Crippen molar-refractivity contribution in [3.63, 3.8) is 0 Å². The molecule has 1 atom stereocenters. The van der Waals surface area contributed by atoms with E-state index >= 15 is 0 Å². The maximum atomic E-state index is 4.21. The van der Waals surface area contributed by atoms with E-state index in [1.807, 2.05) is 19.4 Å². The van der Waals surface area contributed by atoms with Crippen LogP contribution in [0.25, 0.3) is 0 Å². The first-order valence-electron chi connectivity index (χ1n) is 6.21. The number of pyridine rings is 1. The molecule has 1 aliphatic carbocycles. The van der Waals surface area contributed by atoms with Crippen LogP contribution in [0.5, 0.6) is 0 Å². The second-order valence-corrected chi connectivity index (χ2v) is 4.64. The van der Waals surface area contributed by atoms with Gasteiger partial charge in [0.05, 0.1) is 23.8 Å². The molecule has 3 nitrogen and oxygen atoms in total. The molecule has 1 heterocycles. The molecule has 88 valence electrons. The van der Waals surface area contributed by atoms with Crippen LogP contribution in [0.1, 0.15) is 32.6 Å². The highest BCUT2D eigenvalue weighted by Crippen LogP contribution is 2.34. The summed E-state index contributed by atoms with van der Waals surface area (Å²) >= 11 is 0. The minimum Gasteiger partial charge on any atom is -0.387 e. The van der Waals surface area contributed by atoms with Crippen molar-refractivity contribution >= 4 is 11.4 Å². The lowest BCUT2D eigenvalue weighted by atomic mass is 10.1. The van der Waals surface area contributed by atoms with Crippen LogP contribution >= 0.6 is 0 Å². The van der Waals surface area contributed by atoms with Gasteiger partial charge >= 0.3 is 0 Å². The normalized spacial score (nSPS) is 16.9. The molecule has 16 heavy (non-hydrogen) atoms. The Balaban J connectivity index is 1.94. The third-order valence-corrected chi connectivity index (χ3v) is 3.21. The quantitative estimate of drug-likeness (QED) is 0.772. The number of nitrogens with zero attached hydrogens (tertiary/aromatic N) is 1. The lowest BCUT2D eigenvalue weighted by Gasteiger charge is -2.18. The second-order valence-electron chi connectivity index (χ2n) is 4.64. The monoisotopic (exact) mass is 219 g/mol. The van der Waals surface area contributed by atoms with Crippen molar-refractivity contribution in [1.82, 2.24) is 4.98 Å². The van der Waals surface area contributed by atoms with Gasteiger partial charge in [0.2, 0.25) is 0 Å². The smallest absolute Gasteiger partial charge is 0.0549 e. The third-order valence-electron chi connectivity index (χ3n) is 3.21. The van der Waals surface area contributed by atoms with Gasteiger partial charge in [-0.25, -0.2) is 0 Å². The maximum absolute atomic E-state index is 4.21. The van der Waals surface area contributed by atoms with Crippen molar-refractivity contribution < 1.29 is 0 Å². The first-order chi connectivity index (χ1) is 7.81. The van der Waals surface area contributed by atoms with Crippen LogP contribution in [-0.2, 0) is 0 Å². The highest BCUT2D eigenvalue weighted by Gasteiger charge is 2.24. The molecule has 0 radical (unpaired) electrons. The number of hydrogen-bond acceptors (Lipinski definition) is 3. The first kappa shape index (κ1) is 11.2. The van der Waals surface area contributed by atoms with Crippen LogP contribution in [0.2, 0.25) is 0 Å². The lowest BCUT2D eigenvalue weighted by Crippen LogP contribution is -2.19. The average molecular weight is 219 g/mol. The van der Waals surface area contributed by atoms with Crippen molar-refractivity contribution in [2.24, 2.45) is 5.92 Å². The summed E-state index contributed by atoms with van der Waals surface area (Å²) in [7, 11) is 1.92. The lowest BCUT2D eigenvalue weighted by molar-refractivity contribution is 0.587. The van der Waals surface area contributed by atoms with Crippen molar-refractivity contribution in [2.75, 3.05) is 17.7 Å². The molecule has 1 aromatic heterocycles. The highest BCUT2D eigenvalue weighted by atomic mass is 14.9. The average Bonchev–Trinajstić information content (AvgIpc) is 3.12. The zero-order chi connectivity index (χ0) is 11.4. The van der Waals surface area contributed by atoms with Crippen molar-refractivity contribution in [2.45, 2.75) is 38.6 Å². The van der Waals surface area contributed by atoms with Crippen LogP contribution in [0.15, 0.2) is 18.5 Å². The Bertz CT molecular complexity index is 334. The number of rotatable bonds is 6. The fraction of sp³-hybridized carbons (Fsp3) is 0.615. The van der Waals surface area contributed by atoms with E-state index in [9.17, 15) is 0 Å². The largest absolute Gasteiger partial charge is 0.387 e. The van der Waals surface area contributed by atoms with E-state index < -0.39 is 0 Å². The SMILES string of the molecule is CCC(CC1CC1)Nc1cncc(NC)c1. The molecule has 0 saturated heterocycles. The van der Waals surface area contributed by atoms with Crippen LogP contribution in [0.4, 0.5) is 11.4 Å². The van der Waals surface area contributed by atoms with Crippen molar-refractivity contribution in [3.8, 4) is 0 Å². The zero-order valence-corrected chi connectivity index (χ0v) is 10.2. The first-order valence-corrected chi connectivity index (χ1v) is 6.21. The molecule has 0 aromatic carbocycles. The van der Waals surface area contributed by atoms with Gasteiger partial charge in [-0.1, -0.05) is 19.8 Å². The van der Waals surface area contributed by atoms with E-state index in [-0.39, 0.29) is 0 Å². The predicted octanol–water partition coefficient (Wildman–Crippen LogP) is 3.11. The van der Waals surface area contributed by atoms with Crippen molar-refractivity contribution in [3.05, 3.63) is 18.5 Å². The minimum absolute atomic E-state index is 0.599. The molecule has 0 bridgehead atoms. The topological polar surface area (TPSA) is 37.0 Å². The molecule has 1 unspecified atom stereocenters. The summed E-state index contributed by atoms with van der Waals surface area (Å²) < 4.78 is 0. The van der Waals surface area contributed by atoms with Gasteiger partial charge in [0.25, 0.3) is 0 Å². The van der Waals surface area contributed by atoms with Gasteiger partial charge in [-0.15, -0.1) is 0 Å². The number of nitrogens with one attached hydrogen (secondary N) is 2. The maximum Gasteiger partial charge on any atom is 0.0549 e. The molecule has 2 rings (SSSR count). The number of anilines is 2. The fourth-order valence-corrected chi connectivity index (χ4v) is 1.97. The van der Waals surface area contributed by atoms with E-state index in [0.717, 1.165) is 17.3 Å².